The van der Waals surface area contributed by atoms with E-state index in [0.717, 1.165) is 55.2 Å². The first-order valence-corrected chi connectivity index (χ1v) is 19.4. The Labute approximate surface area is 328 Å². The molecule has 0 aromatic heterocycles. The minimum absolute atomic E-state index is 0.0487. The van der Waals surface area contributed by atoms with Crippen molar-refractivity contribution in [1.29, 1.82) is 0 Å². The van der Waals surface area contributed by atoms with Gasteiger partial charge in [-0.05, 0) is 65.3 Å². The zero-order valence-corrected chi connectivity index (χ0v) is 31.4. The van der Waals surface area contributed by atoms with Gasteiger partial charge in [-0.25, -0.2) is 0 Å². The largest absolute Gasteiger partial charge is 0.386 e. The predicted octanol–water partition coefficient (Wildman–Crippen LogP) is 10.7. The van der Waals surface area contributed by atoms with Crippen molar-refractivity contribution in [3.63, 3.8) is 0 Å². The van der Waals surface area contributed by atoms with Gasteiger partial charge in [-0.3, -0.25) is 9.59 Å². The lowest BCUT2D eigenvalue weighted by molar-refractivity contribution is -0.114. The highest BCUT2D eigenvalue weighted by atomic mass is 16.1. The fraction of sp³-hybridized carbons (Fsp3) is 0.115. The van der Waals surface area contributed by atoms with Crippen LogP contribution in [0.3, 0.4) is 0 Å². The van der Waals surface area contributed by atoms with Crippen LogP contribution in [0.25, 0.3) is 43.1 Å². The Morgan fingerprint density at radius 3 is 0.929 bits per heavy atom. The Morgan fingerprint density at radius 2 is 0.607 bits per heavy atom. The lowest BCUT2D eigenvalue weighted by atomic mass is 9.98. The van der Waals surface area contributed by atoms with Crippen molar-refractivity contribution in [2.45, 2.75) is 25.7 Å². The van der Waals surface area contributed by atoms with Crippen LogP contribution in [0.1, 0.15) is 22.3 Å². The highest BCUT2D eigenvalue weighted by molar-refractivity contribution is 5.97. The van der Waals surface area contributed by atoms with Gasteiger partial charge in [0.2, 0.25) is 0 Å². The molecule has 0 radical (unpaired) electrons. The highest BCUT2D eigenvalue weighted by Gasteiger charge is 2.12. The maximum atomic E-state index is 13.7. The molecule has 0 aliphatic rings. The molecule has 8 aromatic carbocycles. The molecule has 0 aliphatic heterocycles. The normalized spacial score (nSPS) is 12.0. The molecule has 0 bridgehead atoms. The van der Waals surface area contributed by atoms with Crippen LogP contribution in [0.4, 0.5) is 0 Å². The van der Waals surface area contributed by atoms with E-state index < -0.39 is 0 Å². The first-order chi connectivity index (χ1) is 27.6. The Balaban J connectivity index is 1.03. The van der Waals surface area contributed by atoms with Crippen molar-refractivity contribution in [3.05, 3.63) is 216 Å². The second-order valence-electron chi connectivity index (χ2n) is 14.4. The summed E-state index contributed by atoms with van der Waals surface area (Å²) in [4.78, 5) is 27.5. The summed E-state index contributed by atoms with van der Waals surface area (Å²) < 4.78 is 0. The summed E-state index contributed by atoms with van der Waals surface area (Å²) in [6, 6.07) is 58.1. The lowest BCUT2D eigenvalue weighted by Crippen LogP contribution is -2.29. The third-order valence-electron chi connectivity index (χ3n) is 10.5. The molecular formula is C52H44N2O2. The van der Waals surface area contributed by atoms with E-state index in [4.69, 9.17) is 0 Å². The molecular weight excluding hydrogens is 685 g/mol. The van der Waals surface area contributed by atoms with Crippen molar-refractivity contribution in [1.82, 2.24) is 10.6 Å². The van der Waals surface area contributed by atoms with Gasteiger partial charge in [0.25, 0.3) is 0 Å². The number of rotatable bonds is 15. The van der Waals surface area contributed by atoms with E-state index in [-0.39, 0.29) is 11.6 Å². The monoisotopic (exact) mass is 728 g/mol. The first kappa shape index (κ1) is 36.2. The van der Waals surface area contributed by atoms with Crippen molar-refractivity contribution in [3.8, 4) is 0 Å². The minimum atomic E-state index is 0.0487. The molecule has 56 heavy (non-hydrogen) atoms. The standard InChI is InChI=1S/C52H44N2O2/c55-47(33-43-23-11-19-39-15-3-7-27-51(39)43)35-45(31-41-21-9-17-37-13-1-5-25-49(37)41)53-29-30-54-46(32-42-22-10-18-38-14-2-6-26-50(38)42)36-48(56)34-44-24-12-20-40-16-4-8-28-52(40)44/h1-28,35-36,53-54H,29-34H2/b45-35-,46-36+. The summed E-state index contributed by atoms with van der Waals surface area (Å²) in [6.45, 7) is 1.12. The first-order valence-electron chi connectivity index (χ1n) is 19.4. The molecule has 0 saturated carbocycles. The molecule has 0 unspecified atom stereocenters. The molecule has 0 saturated heterocycles. The highest BCUT2D eigenvalue weighted by Crippen LogP contribution is 2.24. The average molecular weight is 729 g/mol. The van der Waals surface area contributed by atoms with Gasteiger partial charge in [0.05, 0.1) is 0 Å². The minimum Gasteiger partial charge on any atom is -0.386 e. The zero-order valence-electron chi connectivity index (χ0n) is 31.4. The maximum Gasteiger partial charge on any atom is 0.161 e. The van der Waals surface area contributed by atoms with Crippen molar-refractivity contribution >= 4 is 54.7 Å². The summed E-state index contributed by atoms with van der Waals surface area (Å²) in [5, 5.41) is 16.4. The number of ketones is 2. The zero-order chi connectivity index (χ0) is 38.1. The van der Waals surface area contributed by atoms with Gasteiger partial charge < -0.3 is 10.6 Å². The molecule has 0 amide bonds. The van der Waals surface area contributed by atoms with E-state index in [2.05, 4.69) is 132 Å². The topological polar surface area (TPSA) is 58.2 Å². The van der Waals surface area contributed by atoms with E-state index in [1.54, 1.807) is 12.2 Å². The Morgan fingerprint density at radius 1 is 0.339 bits per heavy atom. The number of fused-ring (bicyclic) bond motifs is 4. The van der Waals surface area contributed by atoms with Gasteiger partial charge in [-0.1, -0.05) is 170 Å². The lowest BCUT2D eigenvalue weighted by Gasteiger charge is -2.16. The van der Waals surface area contributed by atoms with Gasteiger partial charge in [-0.2, -0.15) is 0 Å². The number of nitrogens with one attached hydrogen (secondary N) is 2. The van der Waals surface area contributed by atoms with E-state index in [0.29, 0.717) is 38.8 Å². The van der Waals surface area contributed by atoms with Crippen molar-refractivity contribution in [2.75, 3.05) is 13.1 Å². The smallest absolute Gasteiger partial charge is 0.161 e. The summed E-state index contributed by atoms with van der Waals surface area (Å²) in [6.07, 6.45) is 5.37. The molecule has 4 nitrogen and oxygen atoms in total. The number of hydrogen-bond acceptors (Lipinski definition) is 4. The third-order valence-corrected chi connectivity index (χ3v) is 10.5. The SMILES string of the molecule is O=C(/C=C(/Cc1cccc2ccccc12)NCCN/C(=C/C(=O)Cc1cccc2ccccc12)Cc1cccc2ccccc12)Cc1cccc2ccccc12. The van der Waals surface area contributed by atoms with Gasteiger partial charge in [0, 0.05) is 62.3 Å². The van der Waals surface area contributed by atoms with E-state index >= 15 is 0 Å². The van der Waals surface area contributed by atoms with Crippen LogP contribution >= 0.6 is 0 Å². The summed E-state index contributed by atoms with van der Waals surface area (Å²) in [5.74, 6) is 0.0974. The molecule has 0 atom stereocenters. The molecule has 0 fully saturated rings. The molecule has 274 valence electrons. The van der Waals surface area contributed by atoms with Crippen molar-refractivity contribution in [2.24, 2.45) is 0 Å². The van der Waals surface area contributed by atoms with Gasteiger partial charge in [-0.15, -0.1) is 0 Å². The molecule has 0 aliphatic carbocycles. The van der Waals surface area contributed by atoms with Gasteiger partial charge in [0.15, 0.2) is 11.6 Å². The van der Waals surface area contributed by atoms with Crippen LogP contribution in [-0.2, 0) is 35.3 Å². The number of benzene rings is 8. The van der Waals surface area contributed by atoms with Gasteiger partial charge in [0.1, 0.15) is 0 Å². The van der Waals surface area contributed by atoms with E-state index in [1.165, 1.54) is 21.5 Å². The maximum absolute atomic E-state index is 13.7. The van der Waals surface area contributed by atoms with Gasteiger partial charge >= 0.3 is 0 Å². The average Bonchev–Trinajstić information content (AvgIpc) is 3.23. The van der Waals surface area contributed by atoms with Crippen LogP contribution in [-0.4, -0.2) is 24.7 Å². The Kier molecular flexibility index (Phi) is 11.1. The summed E-state index contributed by atoms with van der Waals surface area (Å²) in [7, 11) is 0. The number of carbonyl (C=O) groups excluding carboxylic acids is 2. The summed E-state index contributed by atoms with van der Waals surface area (Å²) in [5.41, 5.74) is 6.07. The molecule has 0 heterocycles. The van der Waals surface area contributed by atoms with Crippen LogP contribution in [0.5, 0.6) is 0 Å². The predicted molar refractivity (Wildman–Crippen MR) is 233 cm³/mol. The molecule has 0 spiro atoms. The second kappa shape index (κ2) is 17.1. The number of allylic oxidation sites excluding steroid dienone is 4. The van der Waals surface area contributed by atoms with E-state index in [9.17, 15) is 9.59 Å². The van der Waals surface area contributed by atoms with Crippen LogP contribution < -0.4 is 10.6 Å². The van der Waals surface area contributed by atoms with Crippen LogP contribution in [0.15, 0.2) is 193 Å². The fourth-order valence-electron chi connectivity index (χ4n) is 7.84. The van der Waals surface area contributed by atoms with Crippen LogP contribution in [0.2, 0.25) is 0 Å². The third kappa shape index (κ3) is 8.61. The Bertz CT molecular complexity index is 2550. The molecule has 2 N–H and O–H groups in total. The summed E-state index contributed by atoms with van der Waals surface area (Å²) >= 11 is 0. The molecule has 8 aromatic rings. The quantitative estimate of drug-likeness (QED) is 0.0815. The van der Waals surface area contributed by atoms with E-state index in [1.807, 2.05) is 48.5 Å². The number of carbonyl (C=O) groups is 2. The molecule has 4 heteroatoms. The molecule has 8 rings (SSSR count). The Hall–Kier alpha value is -6.78. The number of hydrogen-bond donors (Lipinski definition) is 2. The van der Waals surface area contributed by atoms with Crippen molar-refractivity contribution < 1.29 is 9.59 Å². The van der Waals surface area contributed by atoms with Crippen LogP contribution in [0, 0.1) is 0 Å². The second-order valence-corrected chi connectivity index (χ2v) is 14.4. The fourth-order valence-corrected chi connectivity index (χ4v) is 7.84.